The van der Waals surface area contributed by atoms with Gasteiger partial charge in [0.15, 0.2) is 0 Å². The van der Waals surface area contributed by atoms with Crippen molar-refractivity contribution in [1.82, 2.24) is 10.3 Å². The van der Waals surface area contributed by atoms with Gasteiger partial charge in [-0.1, -0.05) is 23.7 Å². The Morgan fingerprint density at radius 2 is 2.00 bits per heavy atom. The second kappa shape index (κ2) is 6.91. The molecule has 1 aromatic carbocycles. The lowest BCUT2D eigenvalue weighted by Gasteiger charge is -2.13. The van der Waals surface area contributed by atoms with Crippen molar-refractivity contribution >= 4 is 39.1 Å². The number of rotatable bonds is 4. The number of hydrogen-bond acceptors (Lipinski definition) is 3. The molecule has 0 aliphatic carbocycles. The van der Waals surface area contributed by atoms with E-state index in [4.69, 9.17) is 11.6 Å². The number of benzene rings is 1. The number of pyridine rings is 1. The highest BCUT2D eigenvalue weighted by molar-refractivity contribution is 9.10. The lowest BCUT2D eigenvalue weighted by molar-refractivity contribution is 0.0950. The summed E-state index contributed by atoms with van der Waals surface area (Å²) in [6.07, 6.45) is 1.55. The van der Waals surface area contributed by atoms with Crippen LogP contribution in [0.1, 0.15) is 15.9 Å². The van der Waals surface area contributed by atoms with Gasteiger partial charge in [-0.3, -0.25) is 4.79 Å². The molecule has 0 aliphatic rings. The van der Waals surface area contributed by atoms with Gasteiger partial charge < -0.3 is 10.2 Å². The molecule has 2 rings (SSSR count). The summed E-state index contributed by atoms with van der Waals surface area (Å²) in [5.41, 5.74) is 2.49. The van der Waals surface area contributed by atoms with Crippen LogP contribution < -0.4 is 10.2 Å². The van der Waals surface area contributed by atoms with E-state index in [0.29, 0.717) is 16.6 Å². The Balaban J connectivity index is 2.02. The van der Waals surface area contributed by atoms with Crippen LogP contribution in [-0.2, 0) is 6.54 Å². The Morgan fingerprint density at radius 1 is 1.33 bits per heavy atom. The molecule has 1 heterocycles. The van der Waals surface area contributed by atoms with E-state index < -0.39 is 0 Å². The normalized spacial score (nSPS) is 10.3. The molecule has 0 saturated heterocycles. The first kappa shape index (κ1) is 15.8. The average Bonchev–Trinajstić information content (AvgIpc) is 2.47. The van der Waals surface area contributed by atoms with E-state index in [1.54, 1.807) is 12.3 Å². The molecule has 1 aromatic heterocycles. The van der Waals surface area contributed by atoms with Gasteiger partial charge in [0.25, 0.3) is 5.91 Å². The summed E-state index contributed by atoms with van der Waals surface area (Å²) in [6.45, 7) is 0.440. The largest absolute Gasteiger partial charge is 0.378 e. The first-order valence-electron chi connectivity index (χ1n) is 6.33. The highest BCUT2D eigenvalue weighted by Gasteiger charge is 2.11. The van der Waals surface area contributed by atoms with Crippen molar-refractivity contribution in [3.8, 4) is 0 Å². The Labute approximate surface area is 137 Å². The number of nitrogens with one attached hydrogen (secondary N) is 1. The molecule has 0 unspecified atom stereocenters. The summed E-state index contributed by atoms with van der Waals surface area (Å²) < 4.78 is 0.715. The van der Waals surface area contributed by atoms with Crippen LogP contribution in [0.2, 0.25) is 5.15 Å². The summed E-state index contributed by atoms with van der Waals surface area (Å²) >= 11 is 9.21. The van der Waals surface area contributed by atoms with Crippen molar-refractivity contribution in [2.45, 2.75) is 6.54 Å². The number of hydrogen-bond donors (Lipinski definition) is 1. The molecule has 6 heteroatoms. The Bertz CT molecular complexity index is 644. The van der Waals surface area contributed by atoms with Gasteiger partial charge in [-0.25, -0.2) is 4.98 Å². The molecule has 110 valence electrons. The molecular weight excluding hydrogens is 354 g/mol. The number of amides is 1. The highest BCUT2D eigenvalue weighted by Crippen LogP contribution is 2.18. The Hall–Kier alpha value is -1.59. The van der Waals surface area contributed by atoms with E-state index in [0.717, 1.165) is 11.3 Å². The van der Waals surface area contributed by atoms with E-state index in [1.807, 2.05) is 43.3 Å². The van der Waals surface area contributed by atoms with Crippen LogP contribution >= 0.6 is 27.5 Å². The van der Waals surface area contributed by atoms with E-state index in [9.17, 15) is 4.79 Å². The minimum atomic E-state index is -0.245. The smallest absolute Gasteiger partial charge is 0.254 e. The second-order valence-corrected chi connectivity index (χ2v) is 6.01. The fraction of sp³-hybridized carbons (Fsp3) is 0.200. The summed E-state index contributed by atoms with van der Waals surface area (Å²) in [5, 5.41) is 3.03. The number of aromatic nitrogens is 1. The van der Waals surface area contributed by atoms with Crippen LogP contribution in [0.4, 0.5) is 5.69 Å². The minimum Gasteiger partial charge on any atom is -0.378 e. The molecule has 0 bridgehead atoms. The lowest BCUT2D eigenvalue weighted by atomic mass is 10.2. The van der Waals surface area contributed by atoms with Crippen molar-refractivity contribution < 1.29 is 4.79 Å². The minimum absolute atomic E-state index is 0.193. The Morgan fingerprint density at radius 3 is 2.62 bits per heavy atom. The van der Waals surface area contributed by atoms with Crippen molar-refractivity contribution in [3.05, 3.63) is 57.3 Å². The fourth-order valence-corrected chi connectivity index (χ4v) is 2.29. The summed E-state index contributed by atoms with van der Waals surface area (Å²) in [4.78, 5) is 18.1. The second-order valence-electron chi connectivity index (χ2n) is 4.74. The monoisotopic (exact) mass is 367 g/mol. The summed E-state index contributed by atoms with van der Waals surface area (Å²) in [6, 6.07) is 9.64. The van der Waals surface area contributed by atoms with Gasteiger partial charge in [0, 0.05) is 37.0 Å². The topological polar surface area (TPSA) is 45.2 Å². The predicted molar refractivity (Wildman–Crippen MR) is 88.9 cm³/mol. The first-order chi connectivity index (χ1) is 9.97. The van der Waals surface area contributed by atoms with E-state index >= 15 is 0 Å². The molecule has 0 saturated carbocycles. The van der Waals surface area contributed by atoms with Gasteiger partial charge in [0.1, 0.15) is 5.15 Å². The third-order valence-corrected chi connectivity index (χ3v) is 3.69. The maximum atomic E-state index is 12.1. The number of nitrogens with zero attached hydrogens (tertiary/aromatic N) is 2. The van der Waals surface area contributed by atoms with Crippen LogP contribution in [0.25, 0.3) is 0 Å². The van der Waals surface area contributed by atoms with Crippen molar-refractivity contribution in [2.24, 2.45) is 0 Å². The van der Waals surface area contributed by atoms with Gasteiger partial charge in [-0.2, -0.15) is 0 Å². The molecule has 0 fully saturated rings. The third kappa shape index (κ3) is 4.19. The zero-order chi connectivity index (χ0) is 15.4. The quantitative estimate of drug-likeness (QED) is 0.840. The molecule has 1 N–H and O–H groups in total. The van der Waals surface area contributed by atoms with E-state index in [1.165, 1.54) is 0 Å². The molecule has 4 nitrogen and oxygen atoms in total. The molecule has 0 atom stereocenters. The molecular formula is C15H15BrClN3O. The van der Waals surface area contributed by atoms with Crippen LogP contribution in [0, 0.1) is 0 Å². The van der Waals surface area contributed by atoms with Crippen LogP contribution in [0.3, 0.4) is 0 Å². The van der Waals surface area contributed by atoms with Gasteiger partial charge >= 0.3 is 0 Å². The maximum Gasteiger partial charge on any atom is 0.254 e. The molecule has 0 aliphatic heterocycles. The molecule has 1 amide bonds. The Kier molecular flexibility index (Phi) is 5.20. The van der Waals surface area contributed by atoms with Crippen LogP contribution in [-0.4, -0.2) is 25.0 Å². The maximum absolute atomic E-state index is 12.1. The molecule has 21 heavy (non-hydrogen) atoms. The standard InChI is InChI=1S/C15H15BrClN3O/c1-20(2)12-5-3-10(4-6-12)8-19-15(21)13-7-11(16)9-18-14(13)17/h3-7,9H,8H2,1-2H3,(H,19,21). The number of halogens is 2. The SMILES string of the molecule is CN(C)c1ccc(CNC(=O)c2cc(Br)cnc2Cl)cc1. The zero-order valence-corrected chi connectivity index (χ0v) is 14.1. The van der Waals surface area contributed by atoms with Gasteiger partial charge in [0.05, 0.1) is 5.56 Å². The van der Waals surface area contributed by atoms with Crippen molar-refractivity contribution in [2.75, 3.05) is 19.0 Å². The number of anilines is 1. The predicted octanol–water partition coefficient (Wildman–Crippen LogP) is 3.49. The van der Waals surface area contributed by atoms with Gasteiger partial charge in [0.2, 0.25) is 0 Å². The highest BCUT2D eigenvalue weighted by atomic mass is 79.9. The number of carbonyl (C=O) groups is 1. The summed E-state index contributed by atoms with van der Waals surface area (Å²) in [7, 11) is 3.97. The zero-order valence-electron chi connectivity index (χ0n) is 11.7. The molecule has 2 aromatic rings. The first-order valence-corrected chi connectivity index (χ1v) is 7.50. The number of carbonyl (C=O) groups excluding carboxylic acids is 1. The van der Waals surface area contributed by atoms with Gasteiger partial charge in [-0.15, -0.1) is 0 Å². The average molecular weight is 369 g/mol. The van der Waals surface area contributed by atoms with Crippen LogP contribution in [0.15, 0.2) is 41.0 Å². The van der Waals surface area contributed by atoms with Crippen LogP contribution in [0.5, 0.6) is 0 Å². The van der Waals surface area contributed by atoms with Crippen molar-refractivity contribution in [1.29, 1.82) is 0 Å². The fourth-order valence-electron chi connectivity index (χ4n) is 1.77. The van der Waals surface area contributed by atoms with E-state index in [-0.39, 0.29) is 11.1 Å². The van der Waals surface area contributed by atoms with E-state index in [2.05, 4.69) is 26.2 Å². The molecule has 0 spiro atoms. The third-order valence-electron chi connectivity index (χ3n) is 2.96. The summed E-state index contributed by atoms with van der Waals surface area (Å²) in [5.74, 6) is -0.245. The lowest BCUT2D eigenvalue weighted by Crippen LogP contribution is -2.23. The molecule has 0 radical (unpaired) electrons. The van der Waals surface area contributed by atoms with Crippen molar-refractivity contribution in [3.63, 3.8) is 0 Å². The van der Waals surface area contributed by atoms with Gasteiger partial charge in [-0.05, 0) is 39.7 Å².